The molecule has 0 saturated carbocycles. The zero-order valence-corrected chi connectivity index (χ0v) is 10.6. The highest BCUT2D eigenvalue weighted by Gasteiger charge is 2.16. The van der Waals surface area contributed by atoms with Gasteiger partial charge in [-0.2, -0.15) is 0 Å². The molecule has 1 unspecified atom stereocenters. The Kier molecular flexibility index (Phi) is 5.23. The number of hydrogen-bond donors (Lipinski definition) is 0. The average Bonchev–Trinajstić information content (AvgIpc) is 2.31. The number of ether oxygens (including phenoxy) is 1. The topological polar surface area (TPSA) is 43.4 Å². The lowest BCUT2D eigenvalue weighted by Crippen LogP contribution is -2.10. The maximum Gasteiger partial charge on any atom is 0.256 e. The molecule has 1 aromatic rings. The number of halogens is 2. The van der Waals surface area contributed by atoms with Gasteiger partial charge in [0.1, 0.15) is 11.7 Å². The van der Waals surface area contributed by atoms with Crippen molar-refractivity contribution in [2.75, 3.05) is 0 Å². The van der Waals surface area contributed by atoms with Gasteiger partial charge in [0.05, 0.1) is 5.56 Å². The number of carbonyl (C=O) groups is 1. The van der Waals surface area contributed by atoms with E-state index in [0.717, 1.165) is 6.08 Å². The summed E-state index contributed by atoms with van der Waals surface area (Å²) >= 11 is 11.3. The Morgan fingerprint density at radius 2 is 2.29 bits per heavy atom. The molecule has 5 heteroatoms. The van der Waals surface area contributed by atoms with Gasteiger partial charge in [-0.05, 0) is 24.1 Å². The first-order valence-corrected chi connectivity index (χ1v) is 5.76. The Morgan fingerprint density at radius 3 is 2.82 bits per heavy atom. The predicted octanol–water partition coefficient (Wildman–Crippen LogP) is 3.26. The summed E-state index contributed by atoms with van der Waals surface area (Å²) in [5.41, 5.74) is 0.00587. The first kappa shape index (κ1) is 13.8. The fraction of sp³-hybridized carbons (Fsp3) is 0.250. The smallest absolute Gasteiger partial charge is 0.256 e. The zero-order chi connectivity index (χ0) is 12.8. The van der Waals surface area contributed by atoms with E-state index in [0.29, 0.717) is 12.0 Å². The summed E-state index contributed by atoms with van der Waals surface area (Å²) in [6.07, 6.45) is 1.72. The molecule has 0 aliphatic carbocycles. The van der Waals surface area contributed by atoms with Gasteiger partial charge in [-0.25, -0.2) is 4.79 Å². The van der Waals surface area contributed by atoms with Crippen LogP contribution in [-0.2, 0) is 4.79 Å². The Balaban J connectivity index is 3.27. The molecule has 0 spiro atoms. The second-order valence-corrected chi connectivity index (χ2v) is 4.03. The van der Waals surface area contributed by atoms with Gasteiger partial charge in [0, 0.05) is 11.6 Å². The van der Waals surface area contributed by atoms with Gasteiger partial charge in [0.2, 0.25) is 0 Å². The normalized spacial score (nSPS) is 11.5. The van der Waals surface area contributed by atoms with Crippen LogP contribution in [0.2, 0.25) is 0 Å². The second kappa shape index (κ2) is 6.45. The van der Waals surface area contributed by atoms with Crippen LogP contribution in [0.25, 0.3) is 6.08 Å². The minimum Gasteiger partial charge on any atom is -0.473 e. The predicted molar refractivity (Wildman–Crippen MR) is 67.3 cm³/mol. The Morgan fingerprint density at radius 1 is 1.59 bits per heavy atom. The van der Waals surface area contributed by atoms with E-state index in [-0.39, 0.29) is 11.3 Å². The van der Waals surface area contributed by atoms with E-state index in [4.69, 9.17) is 27.9 Å². The number of hydrogen-bond acceptors (Lipinski definition) is 3. The minimum atomic E-state index is -0.666. The Hall–Kier alpha value is -1.28. The summed E-state index contributed by atoms with van der Waals surface area (Å²) in [6.45, 7) is 1.83. The van der Waals surface area contributed by atoms with Crippen LogP contribution in [0.4, 0.5) is 0 Å². The largest absolute Gasteiger partial charge is 0.473 e. The third-order valence-electron chi connectivity index (χ3n) is 2.04. The van der Waals surface area contributed by atoms with Crippen LogP contribution < -0.4 is 4.74 Å². The molecule has 0 fully saturated rings. The number of para-hydroxylation sites is 1. The van der Waals surface area contributed by atoms with Crippen molar-refractivity contribution in [3.8, 4) is 5.75 Å². The van der Waals surface area contributed by atoms with Crippen molar-refractivity contribution in [3.05, 3.63) is 29.3 Å². The molecule has 0 heterocycles. The highest BCUT2D eigenvalue weighted by Crippen LogP contribution is 2.28. The van der Waals surface area contributed by atoms with Crippen molar-refractivity contribution in [1.29, 1.82) is 0 Å². The third kappa shape index (κ3) is 3.60. The number of alkyl halides is 1. The minimum absolute atomic E-state index is 0.176. The van der Waals surface area contributed by atoms with Gasteiger partial charge in [-0.1, -0.05) is 30.7 Å². The molecule has 0 N–H and O–H groups in total. The lowest BCUT2D eigenvalue weighted by atomic mass is 10.1. The molecular formula is C12H10Cl2O3. The summed E-state index contributed by atoms with van der Waals surface area (Å²) in [5.74, 6) is 1.84. The van der Waals surface area contributed by atoms with Crippen LogP contribution in [0.3, 0.4) is 0 Å². The summed E-state index contributed by atoms with van der Waals surface area (Å²) < 4.78 is 5.39. The fourth-order valence-electron chi connectivity index (χ4n) is 1.23. The molecule has 0 bridgehead atoms. The van der Waals surface area contributed by atoms with Crippen LogP contribution in [0, 0.1) is 0 Å². The van der Waals surface area contributed by atoms with Crippen molar-refractivity contribution < 1.29 is 14.3 Å². The van der Waals surface area contributed by atoms with Crippen LogP contribution in [0.15, 0.2) is 18.2 Å². The summed E-state index contributed by atoms with van der Waals surface area (Å²) in [4.78, 5) is 21.6. The standard InChI is InChI=1S/C12H10Cl2O3/c1-2-10(13)17-11-8(6-7-15)4-3-5-9(11)12(14)16/h3-6,10H,2H2,1H3. The highest BCUT2D eigenvalue weighted by molar-refractivity contribution is 6.68. The molecule has 1 rings (SSSR count). The molecule has 1 atom stereocenters. The average molecular weight is 273 g/mol. The number of carbonyl (C=O) groups excluding carboxylic acids is 2. The van der Waals surface area contributed by atoms with Crippen molar-refractivity contribution in [2.24, 2.45) is 0 Å². The lowest BCUT2D eigenvalue weighted by molar-refractivity contribution is 0.107. The second-order valence-electron chi connectivity index (χ2n) is 3.20. The molecular weight excluding hydrogens is 263 g/mol. The van der Waals surface area contributed by atoms with Crippen molar-refractivity contribution in [3.63, 3.8) is 0 Å². The van der Waals surface area contributed by atoms with Gasteiger partial charge < -0.3 is 4.74 Å². The van der Waals surface area contributed by atoms with Crippen molar-refractivity contribution in [2.45, 2.75) is 18.9 Å². The van der Waals surface area contributed by atoms with E-state index in [1.54, 1.807) is 18.1 Å². The SMILES string of the molecule is CCC(Cl)Oc1c(C=C=O)cccc1C(=O)Cl. The van der Waals surface area contributed by atoms with Crippen LogP contribution in [0.1, 0.15) is 29.3 Å². The summed E-state index contributed by atoms with van der Waals surface area (Å²) in [6, 6.07) is 4.72. The van der Waals surface area contributed by atoms with Gasteiger partial charge in [-0.3, -0.25) is 4.79 Å². The monoisotopic (exact) mass is 272 g/mol. The first-order chi connectivity index (χ1) is 8.10. The quantitative estimate of drug-likeness (QED) is 0.470. The molecule has 0 aliphatic rings. The number of benzene rings is 1. The third-order valence-corrected chi connectivity index (χ3v) is 2.64. The fourth-order valence-corrected chi connectivity index (χ4v) is 1.47. The van der Waals surface area contributed by atoms with Gasteiger partial charge in [-0.15, -0.1) is 0 Å². The van der Waals surface area contributed by atoms with E-state index in [2.05, 4.69) is 0 Å². The van der Waals surface area contributed by atoms with Crippen LogP contribution in [-0.4, -0.2) is 16.7 Å². The first-order valence-electron chi connectivity index (χ1n) is 4.94. The Bertz CT molecular complexity index is 445. The molecule has 0 radical (unpaired) electrons. The van der Waals surface area contributed by atoms with Crippen LogP contribution in [0.5, 0.6) is 5.75 Å². The summed E-state index contributed by atoms with van der Waals surface area (Å²) in [5, 5.41) is -0.666. The van der Waals surface area contributed by atoms with E-state index >= 15 is 0 Å². The zero-order valence-electron chi connectivity index (χ0n) is 9.07. The maximum absolute atomic E-state index is 11.2. The van der Waals surface area contributed by atoms with Gasteiger partial charge in [0.15, 0.2) is 5.56 Å². The van der Waals surface area contributed by atoms with Crippen LogP contribution >= 0.6 is 23.2 Å². The molecule has 0 aliphatic heterocycles. The van der Waals surface area contributed by atoms with Crippen molar-refractivity contribution >= 4 is 40.5 Å². The molecule has 0 aromatic heterocycles. The molecule has 1 aromatic carbocycles. The lowest BCUT2D eigenvalue weighted by Gasteiger charge is -2.15. The number of rotatable bonds is 5. The van der Waals surface area contributed by atoms with E-state index in [9.17, 15) is 9.59 Å². The maximum atomic E-state index is 11.2. The molecule has 17 heavy (non-hydrogen) atoms. The molecule has 3 nitrogen and oxygen atoms in total. The van der Waals surface area contributed by atoms with Crippen molar-refractivity contribution in [1.82, 2.24) is 0 Å². The highest BCUT2D eigenvalue weighted by atomic mass is 35.5. The molecule has 90 valence electrons. The molecule has 0 saturated heterocycles. The van der Waals surface area contributed by atoms with E-state index in [1.807, 2.05) is 6.92 Å². The Labute approximate surface area is 109 Å². The van der Waals surface area contributed by atoms with E-state index in [1.165, 1.54) is 6.07 Å². The van der Waals surface area contributed by atoms with E-state index < -0.39 is 10.8 Å². The van der Waals surface area contributed by atoms with Gasteiger partial charge >= 0.3 is 0 Å². The summed E-state index contributed by atoms with van der Waals surface area (Å²) in [7, 11) is 0. The van der Waals surface area contributed by atoms with Gasteiger partial charge in [0.25, 0.3) is 5.24 Å². The molecule has 0 amide bonds.